The van der Waals surface area contributed by atoms with Crippen LogP contribution >= 0.6 is 24.0 Å². The summed E-state index contributed by atoms with van der Waals surface area (Å²) in [4.78, 5) is 8.95. The first-order valence-electron chi connectivity index (χ1n) is 8.83. The van der Waals surface area contributed by atoms with Crippen molar-refractivity contribution in [3.05, 3.63) is 0 Å². The zero-order valence-corrected chi connectivity index (χ0v) is 18.9. The molecular weight excluding hydrogens is 417 g/mol. The van der Waals surface area contributed by atoms with Gasteiger partial charge in [-0.25, -0.2) is 0 Å². The fourth-order valence-electron chi connectivity index (χ4n) is 2.13. The van der Waals surface area contributed by atoms with Crippen LogP contribution in [0.15, 0.2) is 4.99 Å². The zero-order chi connectivity index (χ0) is 17.5. The summed E-state index contributed by atoms with van der Waals surface area (Å²) in [6.07, 6.45) is 3.44. The Bertz CT molecular complexity index is 303. The molecule has 0 atom stereocenters. The van der Waals surface area contributed by atoms with Crippen LogP contribution in [-0.4, -0.2) is 89.4 Å². The van der Waals surface area contributed by atoms with E-state index in [-0.39, 0.29) is 24.0 Å². The number of likely N-dealkylation sites (N-methyl/N-ethyl adjacent to an activating group) is 1. The van der Waals surface area contributed by atoms with Gasteiger partial charge in [0.2, 0.25) is 0 Å². The van der Waals surface area contributed by atoms with Gasteiger partial charge in [-0.2, -0.15) is 0 Å². The number of hydrogen-bond acceptors (Lipinski definition) is 4. The fraction of sp³-hybridized carbons (Fsp3) is 0.941. The van der Waals surface area contributed by atoms with Crippen LogP contribution in [0, 0.1) is 0 Å². The second-order valence-corrected chi connectivity index (χ2v) is 6.36. The minimum atomic E-state index is 0. The molecule has 0 fully saturated rings. The van der Waals surface area contributed by atoms with E-state index in [9.17, 15) is 0 Å². The molecule has 146 valence electrons. The van der Waals surface area contributed by atoms with Gasteiger partial charge in [0.25, 0.3) is 0 Å². The van der Waals surface area contributed by atoms with Gasteiger partial charge in [0.15, 0.2) is 5.96 Å². The number of aliphatic imine (C=N–C) groups is 1. The van der Waals surface area contributed by atoms with Crippen molar-refractivity contribution in [1.82, 2.24) is 20.4 Å². The molecule has 0 aromatic rings. The standard InChI is InChI=1S/C17H39N5O.HI/c1-16(2)22(5)13-8-7-10-19-17(18-3)20-11-14-21(4)12-9-15-23-6;/h16H,7-15H2,1-6H3,(H2,18,19,20);1H. The second-order valence-electron chi connectivity index (χ2n) is 6.36. The Balaban J connectivity index is 0. The molecule has 0 aliphatic heterocycles. The number of halogens is 1. The van der Waals surface area contributed by atoms with Crippen molar-refractivity contribution in [2.45, 2.75) is 39.2 Å². The van der Waals surface area contributed by atoms with Crippen molar-refractivity contribution >= 4 is 29.9 Å². The number of hydrogen-bond donors (Lipinski definition) is 2. The SMILES string of the molecule is CN=C(NCCCCN(C)C(C)C)NCCN(C)CCCOC.I. The lowest BCUT2D eigenvalue weighted by Gasteiger charge is -2.21. The lowest BCUT2D eigenvalue weighted by Crippen LogP contribution is -2.41. The topological polar surface area (TPSA) is 52.1 Å². The molecule has 0 spiro atoms. The smallest absolute Gasteiger partial charge is 0.191 e. The third-order valence-electron chi connectivity index (χ3n) is 4.01. The molecule has 0 aromatic carbocycles. The Hall–Kier alpha value is -0.120. The summed E-state index contributed by atoms with van der Waals surface area (Å²) in [6, 6.07) is 0.623. The van der Waals surface area contributed by atoms with Crippen molar-refractivity contribution in [1.29, 1.82) is 0 Å². The highest BCUT2D eigenvalue weighted by Crippen LogP contribution is 1.97. The van der Waals surface area contributed by atoms with Crippen molar-refractivity contribution in [3.8, 4) is 0 Å². The molecule has 0 amide bonds. The zero-order valence-electron chi connectivity index (χ0n) is 16.6. The summed E-state index contributed by atoms with van der Waals surface area (Å²) >= 11 is 0. The van der Waals surface area contributed by atoms with E-state index >= 15 is 0 Å². The Morgan fingerprint density at radius 1 is 1.00 bits per heavy atom. The van der Waals surface area contributed by atoms with Gasteiger partial charge in [0.1, 0.15) is 0 Å². The number of nitrogens with zero attached hydrogens (tertiary/aromatic N) is 3. The molecule has 7 heteroatoms. The molecule has 2 N–H and O–H groups in total. The van der Waals surface area contributed by atoms with Crippen molar-refractivity contribution in [3.63, 3.8) is 0 Å². The largest absolute Gasteiger partial charge is 0.385 e. The van der Waals surface area contributed by atoms with Gasteiger partial charge in [0.05, 0.1) is 0 Å². The molecule has 0 aliphatic carbocycles. The van der Waals surface area contributed by atoms with Crippen molar-refractivity contribution in [2.24, 2.45) is 4.99 Å². The molecule has 24 heavy (non-hydrogen) atoms. The van der Waals surface area contributed by atoms with E-state index in [1.165, 1.54) is 6.42 Å². The number of ether oxygens (including phenoxy) is 1. The van der Waals surface area contributed by atoms with Gasteiger partial charge in [0, 0.05) is 53.0 Å². The Kier molecular flexibility index (Phi) is 19.3. The van der Waals surface area contributed by atoms with Crippen LogP contribution in [0.4, 0.5) is 0 Å². The van der Waals surface area contributed by atoms with E-state index in [0.29, 0.717) is 6.04 Å². The van der Waals surface area contributed by atoms with Gasteiger partial charge in [-0.1, -0.05) is 0 Å². The molecule has 6 nitrogen and oxygen atoms in total. The van der Waals surface area contributed by atoms with Gasteiger partial charge in [-0.05, 0) is 53.8 Å². The molecule has 0 saturated heterocycles. The van der Waals surface area contributed by atoms with Crippen molar-refractivity contribution < 1.29 is 4.74 Å². The number of methoxy groups -OCH3 is 1. The molecular formula is C17H40IN5O. The first-order chi connectivity index (χ1) is 11.0. The van der Waals surface area contributed by atoms with Gasteiger partial charge in [-0.3, -0.25) is 4.99 Å². The Labute approximate surface area is 166 Å². The molecule has 0 saturated carbocycles. The number of rotatable bonds is 13. The maximum absolute atomic E-state index is 5.07. The first-order valence-corrected chi connectivity index (χ1v) is 8.83. The summed E-state index contributed by atoms with van der Waals surface area (Å²) in [6.45, 7) is 10.4. The van der Waals surface area contributed by atoms with Crippen LogP contribution in [0.2, 0.25) is 0 Å². The fourth-order valence-corrected chi connectivity index (χ4v) is 2.13. The number of nitrogens with one attached hydrogen (secondary N) is 2. The maximum Gasteiger partial charge on any atom is 0.191 e. The van der Waals surface area contributed by atoms with Crippen LogP contribution in [0.3, 0.4) is 0 Å². The highest BCUT2D eigenvalue weighted by Gasteiger charge is 2.03. The summed E-state index contributed by atoms with van der Waals surface area (Å²) in [5.74, 6) is 0.896. The third kappa shape index (κ3) is 15.4. The number of guanidine groups is 1. The summed E-state index contributed by atoms with van der Waals surface area (Å²) < 4.78 is 5.07. The lowest BCUT2D eigenvalue weighted by molar-refractivity contribution is 0.180. The van der Waals surface area contributed by atoms with E-state index in [2.05, 4.69) is 53.4 Å². The summed E-state index contributed by atoms with van der Waals surface area (Å²) in [5, 5.41) is 6.74. The van der Waals surface area contributed by atoms with E-state index < -0.39 is 0 Å². The Morgan fingerprint density at radius 2 is 1.67 bits per heavy atom. The number of unbranched alkanes of at least 4 members (excludes halogenated alkanes) is 1. The van der Waals surface area contributed by atoms with E-state index in [1.807, 2.05) is 7.05 Å². The average molecular weight is 457 g/mol. The maximum atomic E-state index is 5.07. The van der Waals surface area contributed by atoms with Crippen LogP contribution in [-0.2, 0) is 4.74 Å². The van der Waals surface area contributed by atoms with Gasteiger partial charge in [-0.15, -0.1) is 24.0 Å². The summed E-state index contributed by atoms with van der Waals surface area (Å²) in [5.41, 5.74) is 0. The second kappa shape index (κ2) is 17.7. The van der Waals surface area contributed by atoms with Crippen LogP contribution in [0.5, 0.6) is 0 Å². The van der Waals surface area contributed by atoms with Crippen LogP contribution in [0.1, 0.15) is 33.1 Å². The van der Waals surface area contributed by atoms with E-state index in [0.717, 1.165) is 58.1 Å². The minimum Gasteiger partial charge on any atom is -0.385 e. The molecule has 0 unspecified atom stereocenters. The third-order valence-corrected chi connectivity index (χ3v) is 4.01. The summed E-state index contributed by atoms with van der Waals surface area (Å²) in [7, 11) is 7.89. The van der Waals surface area contributed by atoms with Gasteiger partial charge >= 0.3 is 0 Å². The van der Waals surface area contributed by atoms with Crippen molar-refractivity contribution in [2.75, 3.05) is 67.6 Å². The highest BCUT2D eigenvalue weighted by atomic mass is 127. The minimum absolute atomic E-state index is 0. The molecule has 0 aromatic heterocycles. The Morgan fingerprint density at radius 3 is 2.25 bits per heavy atom. The first kappa shape index (κ1) is 26.1. The van der Waals surface area contributed by atoms with E-state index in [1.54, 1.807) is 7.11 Å². The monoisotopic (exact) mass is 457 g/mol. The predicted octanol–water partition coefficient (Wildman–Crippen LogP) is 1.86. The predicted molar refractivity (Wildman–Crippen MR) is 116 cm³/mol. The molecule has 0 rings (SSSR count). The van der Waals surface area contributed by atoms with Crippen LogP contribution in [0.25, 0.3) is 0 Å². The quantitative estimate of drug-likeness (QED) is 0.191. The molecule has 0 heterocycles. The van der Waals surface area contributed by atoms with E-state index in [4.69, 9.17) is 4.74 Å². The lowest BCUT2D eigenvalue weighted by atomic mass is 10.2. The average Bonchev–Trinajstić information content (AvgIpc) is 2.52. The van der Waals surface area contributed by atoms with Gasteiger partial charge < -0.3 is 25.2 Å². The molecule has 0 bridgehead atoms. The normalized spacial score (nSPS) is 12.0. The highest BCUT2D eigenvalue weighted by molar-refractivity contribution is 14.0. The molecule has 0 aliphatic rings. The van der Waals surface area contributed by atoms with Crippen LogP contribution < -0.4 is 10.6 Å². The molecule has 0 radical (unpaired) electrons.